The van der Waals surface area contributed by atoms with Gasteiger partial charge in [0.15, 0.2) is 0 Å². The molecule has 0 aliphatic carbocycles. The Labute approximate surface area is 111 Å². The Bertz CT molecular complexity index is 618. The van der Waals surface area contributed by atoms with Gasteiger partial charge < -0.3 is 9.47 Å². The van der Waals surface area contributed by atoms with Crippen LogP contribution in [-0.4, -0.2) is 24.7 Å². The van der Waals surface area contributed by atoms with Crippen LogP contribution in [0.15, 0.2) is 30.3 Å². The average molecular weight is 257 g/mol. The molecule has 0 N–H and O–H groups in total. The zero-order valence-electron chi connectivity index (χ0n) is 10.8. The number of esters is 1. The van der Waals surface area contributed by atoms with Crippen molar-refractivity contribution >= 4 is 16.9 Å². The number of hydrogen-bond donors (Lipinski definition) is 0. The van der Waals surface area contributed by atoms with Gasteiger partial charge in [-0.3, -0.25) is 0 Å². The SMILES string of the molecule is COC(=O)c1ccc2c(C3CCCO3)cccc2n1. The van der Waals surface area contributed by atoms with Crippen molar-refractivity contribution in [3.8, 4) is 0 Å². The largest absolute Gasteiger partial charge is 0.464 e. The zero-order valence-corrected chi connectivity index (χ0v) is 10.8. The summed E-state index contributed by atoms with van der Waals surface area (Å²) < 4.78 is 10.4. The van der Waals surface area contributed by atoms with Crippen LogP contribution in [-0.2, 0) is 9.47 Å². The first-order valence-electron chi connectivity index (χ1n) is 6.39. The topological polar surface area (TPSA) is 48.4 Å². The molecule has 2 aromatic rings. The number of benzene rings is 1. The highest BCUT2D eigenvalue weighted by Crippen LogP contribution is 2.32. The second-order valence-corrected chi connectivity index (χ2v) is 4.60. The summed E-state index contributed by atoms with van der Waals surface area (Å²) in [7, 11) is 1.36. The molecule has 2 heterocycles. The number of fused-ring (bicyclic) bond motifs is 1. The van der Waals surface area contributed by atoms with E-state index in [1.165, 1.54) is 7.11 Å². The fraction of sp³-hybridized carbons (Fsp3) is 0.333. The maximum absolute atomic E-state index is 11.5. The minimum absolute atomic E-state index is 0.148. The van der Waals surface area contributed by atoms with Crippen LogP contribution < -0.4 is 0 Å². The maximum Gasteiger partial charge on any atom is 0.356 e. The summed E-state index contributed by atoms with van der Waals surface area (Å²) in [5, 5.41) is 1.04. The molecule has 19 heavy (non-hydrogen) atoms. The Morgan fingerprint density at radius 3 is 3.00 bits per heavy atom. The number of pyridine rings is 1. The summed E-state index contributed by atoms with van der Waals surface area (Å²) in [5.74, 6) is -0.413. The van der Waals surface area contributed by atoms with Crippen molar-refractivity contribution in [2.45, 2.75) is 18.9 Å². The van der Waals surface area contributed by atoms with Gasteiger partial charge in [0, 0.05) is 12.0 Å². The van der Waals surface area contributed by atoms with Crippen molar-refractivity contribution in [1.82, 2.24) is 4.98 Å². The molecule has 1 aromatic carbocycles. The molecule has 98 valence electrons. The highest BCUT2D eigenvalue weighted by molar-refractivity contribution is 5.91. The van der Waals surface area contributed by atoms with E-state index < -0.39 is 5.97 Å². The lowest BCUT2D eigenvalue weighted by molar-refractivity contribution is 0.0594. The first kappa shape index (κ1) is 12.1. The lowest BCUT2D eigenvalue weighted by Gasteiger charge is -2.12. The third-order valence-electron chi connectivity index (χ3n) is 3.44. The van der Waals surface area contributed by atoms with Crippen LogP contribution >= 0.6 is 0 Å². The van der Waals surface area contributed by atoms with Crippen LogP contribution in [0, 0.1) is 0 Å². The number of carbonyl (C=O) groups is 1. The van der Waals surface area contributed by atoms with Gasteiger partial charge in [0.25, 0.3) is 0 Å². The van der Waals surface area contributed by atoms with Gasteiger partial charge in [0.05, 0.1) is 18.7 Å². The van der Waals surface area contributed by atoms with Crippen LogP contribution in [0.25, 0.3) is 10.9 Å². The van der Waals surface area contributed by atoms with Crippen LogP contribution in [0.2, 0.25) is 0 Å². The minimum atomic E-state index is -0.413. The minimum Gasteiger partial charge on any atom is -0.464 e. The van der Waals surface area contributed by atoms with E-state index in [0.717, 1.165) is 35.9 Å². The molecule has 1 fully saturated rings. The predicted octanol–water partition coefficient (Wildman–Crippen LogP) is 2.87. The monoisotopic (exact) mass is 257 g/mol. The molecule has 4 nitrogen and oxygen atoms in total. The van der Waals surface area contributed by atoms with Crippen molar-refractivity contribution in [3.63, 3.8) is 0 Å². The van der Waals surface area contributed by atoms with E-state index in [1.54, 1.807) is 6.07 Å². The van der Waals surface area contributed by atoms with Gasteiger partial charge in [-0.15, -0.1) is 0 Å². The molecule has 0 amide bonds. The molecular formula is C15H15NO3. The summed E-state index contributed by atoms with van der Waals surface area (Å²) in [4.78, 5) is 15.8. The number of rotatable bonds is 2. The molecule has 3 rings (SSSR count). The molecule has 0 spiro atoms. The molecule has 1 saturated heterocycles. The second-order valence-electron chi connectivity index (χ2n) is 4.60. The molecule has 0 radical (unpaired) electrons. The van der Waals surface area contributed by atoms with Crippen molar-refractivity contribution in [1.29, 1.82) is 0 Å². The molecule has 1 aromatic heterocycles. The van der Waals surface area contributed by atoms with Gasteiger partial charge >= 0.3 is 5.97 Å². The molecule has 1 aliphatic rings. The van der Waals surface area contributed by atoms with Crippen LogP contribution in [0.5, 0.6) is 0 Å². The van der Waals surface area contributed by atoms with Crippen molar-refractivity contribution in [2.24, 2.45) is 0 Å². The summed E-state index contributed by atoms with van der Waals surface area (Å²) in [6.07, 6.45) is 2.28. The number of hydrogen-bond acceptors (Lipinski definition) is 4. The van der Waals surface area contributed by atoms with Gasteiger partial charge in [-0.05, 0) is 30.5 Å². The van der Waals surface area contributed by atoms with Gasteiger partial charge in [-0.2, -0.15) is 0 Å². The van der Waals surface area contributed by atoms with E-state index in [9.17, 15) is 4.79 Å². The van der Waals surface area contributed by atoms with Crippen LogP contribution in [0.1, 0.15) is 35.0 Å². The highest BCUT2D eigenvalue weighted by atomic mass is 16.5. The van der Waals surface area contributed by atoms with Gasteiger partial charge in [0.2, 0.25) is 0 Å². The average Bonchev–Trinajstić information content (AvgIpc) is 2.99. The normalized spacial score (nSPS) is 18.7. The fourth-order valence-corrected chi connectivity index (χ4v) is 2.50. The van der Waals surface area contributed by atoms with E-state index in [2.05, 4.69) is 15.8 Å². The quantitative estimate of drug-likeness (QED) is 0.776. The smallest absolute Gasteiger partial charge is 0.356 e. The number of ether oxygens (including phenoxy) is 2. The van der Waals surface area contributed by atoms with Crippen molar-refractivity contribution in [3.05, 3.63) is 41.6 Å². The number of aromatic nitrogens is 1. The van der Waals surface area contributed by atoms with Crippen LogP contribution in [0.4, 0.5) is 0 Å². The summed E-state index contributed by atoms with van der Waals surface area (Å²) in [6, 6.07) is 9.55. The number of carbonyl (C=O) groups excluding carboxylic acids is 1. The first-order valence-corrected chi connectivity index (χ1v) is 6.39. The first-order chi connectivity index (χ1) is 9.29. The zero-order chi connectivity index (χ0) is 13.2. The van der Waals surface area contributed by atoms with E-state index in [-0.39, 0.29) is 6.10 Å². The van der Waals surface area contributed by atoms with Gasteiger partial charge in [-0.1, -0.05) is 18.2 Å². The van der Waals surface area contributed by atoms with E-state index in [0.29, 0.717) is 5.69 Å². The number of methoxy groups -OCH3 is 1. The summed E-state index contributed by atoms with van der Waals surface area (Å²) >= 11 is 0. The lowest BCUT2D eigenvalue weighted by Crippen LogP contribution is -2.05. The lowest BCUT2D eigenvalue weighted by atomic mass is 10.0. The van der Waals surface area contributed by atoms with Crippen molar-refractivity contribution < 1.29 is 14.3 Å². The van der Waals surface area contributed by atoms with E-state index in [4.69, 9.17) is 4.74 Å². The van der Waals surface area contributed by atoms with Gasteiger partial charge in [0.1, 0.15) is 5.69 Å². The maximum atomic E-state index is 11.5. The third kappa shape index (κ3) is 2.19. The predicted molar refractivity (Wildman–Crippen MR) is 71.0 cm³/mol. The molecule has 0 bridgehead atoms. The Hall–Kier alpha value is -1.94. The molecule has 0 saturated carbocycles. The van der Waals surface area contributed by atoms with Gasteiger partial charge in [-0.25, -0.2) is 9.78 Å². The Morgan fingerprint density at radius 2 is 2.26 bits per heavy atom. The molecule has 4 heteroatoms. The molecular weight excluding hydrogens is 242 g/mol. The highest BCUT2D eigenvalue weighted by Gasteiger charge is 2.20. The standard InChI is InChI=1S/C15H15NO3/c1-18-15(17)13-8-7-10-11(14-6-3-9-19-14)4-2-5-12(10)16-13/h2,4-5,7-8,14H,3,6,9H2,1H3. The molecule has 1 unspecified atom stereocenters. The summed E-state index contributed by atoms with van der Waals surface area (Å²) in [5.41, 5.74) is 2.29. The molecule has 1 aliphatic heterocycles. The summed E-state index contributed by atoms with van der Waals surface area (Å²) in [6.45, 7) is 0.814. The Balaban J connectivity index is 2.08. The fourth-order valence-electron chi connectivity index (χ4n) is 2.50. The van der Waals surface area contributed by atoms with E-state index in [1.807, 2.05) is 18.2 Å². The second kappa shape index (κ2) is 4.97. The third-order valence-corrected chi connectivity index (χ3v) is 3.44. The van der Waals surface area contributed by atoms with Crippen molar-refractivity contribution in [2.75, 3.05) is 13.7 Å². The Kier molecular flexibility index (Phi) is 3.17. The Morgan fingerprint density at radius 1 is 1.37 bits per heavy atom. The van der Waals surface area contributed by atoms with E-state index >= 15 is 0 Å². The molecule has 1 atom stereocenters. The van der Waals surface area contributed by atoms with Crippen LogP contribution in [0.3, 0.4) is 0 Å². The number of nitrogens with zero attached hydrogens (tertiary/aromatic N) is 1.